The maximum Gasteiger partial charge on any atom is 0.191 e. The van der Waals surface area contributed by atoms with Gasteiger partial charge in [0.25, 0.3) is 0 Å². The van der Waals surface area contributed by atoms with E-state index in [1.165, 1.54) is 14.2 Å². The topological polar surface area (TPSA) is 95.6 Å². The largest absolute Gasteiger partial charge is 0.612 e. The summed E-state index contributed by atoms with van der Waals surface area (Å²) in [6, 6.07) is 13.2. The summed E-state index contributed by atoms with van der Waals surface area (Å²) in [5.41, 5.74) is 3.42. The van der Waals surface area contributed by atoms with E-state index in [0.717, 1.165) is 22.2 Å². The number of halogens is 1. The lowest BCUT2D eigenvalue weighted by atomic mass is 9.95. The predicted molar refractivity (Wildman–Crippen MR) is 144 cm³/mol. The van der Waals surface area contributed by atoms with E-state index >= 15 is 0 Å². The Morgan fingerprint density at radius 2 is 1.78 bits per heavy atom. The Morgan fingerprint density at radius 1 is 1.03 bits per heavy atom. The van der Waals surface area contributed by atoms with Gasteiger partial charge in [0.15, 0.2) is 10.7 Å². The minimum absolute atomic E-state index is 0.187. The molecular formula is C27H27ClN2O5S. The maximum absolute atomic E-state index is 14.1. The standard InChI is InChI=1S/C27H27ClN2O5S/c1-15-23(34-3)9-8-20-22(14-29-25(15)20)27(31)26(21-7-6-16(28)10-24(21)35-4)30-17-11-18(33-2)13-19(12-17)36(5)32/h6-14,26,29-30H,1-5H3. The first-order valence-electron chi connectivity index (χ1n) is 11.1. The number of aryl methyl sites for hydroxylation is 1. The smallest absolute Gasteiger partial charge is 0.191 e. The second-order valence-electron chi connectivity index (χ2n) is 8.20. The number of hydrogen-bond acceptors (Lipinski definition) is 6. The molecule has 0 spiro atoms. The molecule has 188 valence electrons. The third kappa shape index (κ3) is 4.97. The van der Waals surface area contributed by atoms with Crippen molar-refractivity contribution in [2.24, 2.45) is 0 Å². The summed E-state index contributed by atoms with van der Waals surface area (Å²) in [5, 5.41) is 4.59. The van der Waals surface area contributed by atoms with Crippen molar-refractivity contribution in [3.63, 3.8) is 0 Å². The van der Waals surface area contributed by atoms with Crippen LogP contribution in [-0.4, -0.2) is 42.9 Å². The van der Waals surface area contributed by atoms with Crippen molar-refractivity contribution < 1.29 is 23.6 Å². The van der Waals surface area contributed by atoms with E-state index in [1.54, 1.807) is 56.0 Å². The molecule has 2 N–H and O–H groups in total. The molecule has 7 nitrogen and oxygen atoms in total. The Balaban J connectivity index is 1.86. The Morgan fingerprint density at radius 3 is 2.44 bits per heavy atom. The van der Waals surface area contributed by atoms with Gasteiger partial charge in [-0.15, -0.1) is 0 Å². The van der Waals surface area contributed by atoms with Crippen LogP contribution < -0.4 is 19.5 Å². The van der Waals surface area contributed by atoms with Crippen LogP contribution in [0.5, 0.6) is 17.2 Å². The molecule has 1 heterocycles. The minimum Gasteiger partial charge on any atom is -0.612 e. The zero-order valence-electron chi connectivity index (χ0n) is 20.6. The zero-order valence-corrected chi connectivity index (χ0v) is 22.2. The van der Waals surface area contributed by atoms with Crippen molar-refractivity contribution in [1.29, 1.82) is 0 Å². The number of nitrogens with one attached hydrogen (secondary N) is 2. The van der Waals surface area contributed by atoms with Crippen LogP contribution in [0.15, 0.2) is 59.6 Å². The highest BCUT2D eigenvalue weighted by Gasteiger charge is 2.28. The quantitative estimate of drug-likeness (QED) is 0.207. The number of benzene rings is 3. The number of hydrogen-bond donors (Lipinski definition) is 2. The van der Waals surface area contributed by atoms with Crippen molar-refractivity contribution >= 4 is 45.2 Å². The fourth-order valence-electron chi connectivity index (χ4n) is 4.22. The average molecular weight is 527 g/mol. The number of H-pyrrole nitrogens is 1. The van der Waals surface area contributed by atoms with Gasteiger partial charge < -0.3 is 29.1 Å². The molecule has 1 aromatic heterocycles. The molecule has 0 aliphatic carbocycles. The summed E-state index contributed by atoms with van der Waals surface area (Å²) in [5.74, 6) is 1.53. The van der Waals surface area contributed by atoms with Crippen LogP contribution in [0.4, 0.5) is 5.69 Å². The molecule has 0 radical (unpaired) electrons. The van der Waals surface area contributed by atoms with Crippen molar-refractivity contribution in [3.05, 3.63) is 76.4 Å². The van der Waals surface area contributed by atoms with Gasteiger partial charge in [-0.25, -0.2) is 0 Å². The Bertz CT molecular complexity index is 1420. The lowest BCUT2D eigenvalue weighted by Crippen LogP contribution is -2.22. The van der Waals surface area contributed by atoms with E-state index in [-0.39, 0.29) is 5.78 Å². The third-order valence-corrected chi connectivity index (χ3v) is 7.21. The maximum atomic E-state index is 14.1. The fraction of sp³-hybridized carbons (Fsp3) is 0.222. The highest BCUT2D eigenvalue weighted by molar-refractivity contribution is 7.90. The van der Waals surface area contributed by atoms with Crippen molar-refractivity contribution in [3.8, 4) is 17.2 Å². The van der Waals surface area contributed by atoms with E-state index in [4.69, 9.17) is 25.8 Å². The van der Waals surface area contributed by atoms with Crippen LogP contribution in [0.3, 0.4) is 0 Å². The molecule has 0 fully saturated rings. The molecule has 3 aromatic carbocycles. The van der Waals surface area contributed by atoms with Crippen LogP contribution in [0.2, 0.25) is 5.02 Å². The molecule has 0 aliphatic rings. The molecule has 2 atom stereocenters. The first-order chi connectivity index (χ1) is 17.3. The number of ketones is 1. The predicted octanol–water partition coefficient (Wildman–Crippen LogP) is 5.93. The second-order valence-corrected chi connectivity index (χ2v) is 10.0. The van der Waals surface area contributed by atoms with Crippen molar-refractivity contribution in [2.75, 3.05) is 32.9 Å². The molecule has 4 rings (SSSR count). The van der Waals surface area contributed by atoms with Crippen LogP contribution in [0, 0.1) is 6.92 Å². The number of aromatic nitrogens is 1. The molecule has 36 heavy (non-hydrogen) atoms. The molecule has 0 saturated heterocycles. The first-order valence-corrected chi connectivity index (χ1v) is 13.0. The minimum atomic E-state index is -1.25. The molecule has 4 aromatic rings. The molecule has 0 aliphatic heterocycles. The summed E-state index contributed by atoms with van der Waals surface area (Å²) in [7, 11) is 4.68. The number of fused-ring (bicyclic) bond motifs is 1. The second kappa shape index (κ2) is 10.7. The normalized spacial score (nSPS) is 12.8. The van der Waals surface area contributed by atoms with E-state index in [1.807, 2.05) is 19.1 Å². The molecular weight excluding hydrogens is 500 g/mol. The van der Waals surface area contributed by atoms with Gasteiger partial charge in [-0.2, -0.15) is 0 Å². The molecule has 0 amide bonds. The number of anilines is 1. The zero-order chi connectivity index (χ0) is 26.0. The van der Waals surface area contributed by atoms with Crippen LogP contribution in [0.1, 0.15) is 27.5 Å². The average Bonchev–Trinajstić information content (AvgIpc) is 3.32. The number of Topliss-reactive ketones (excluding diaryl/α,β-unsaturated/α-hetero) is 1. The summed E-state index contributed by atoms with van der Waals surface area (Å²) in [4.78, 5) is 17.9. The van der Waals surface area contributed by atoms with Crippen LogP contribution >= 0.6 is 11.6 Å². The van der Waals surface area contributed by atoms with Gasteiger partial charge in [0.1, 0.15) is 29.5 Å². The van der Waals surface area contributed by atoms with E-state index in [2.05, 4.69) is 10.3 Å². The molecule has 0 bridgehead atoms. The van der Waals surface area contributed by atoms with Crippen molar-refractivity contribution in [1.82, 2.24) is 4.98 Å². The van der Waals surface area contributed by atoms with Gasteiger partial charge in [-0.05, 0) is 42.4 Å². The molecule has 9 heteroatoms. The summed E-state index contributed by atoms with van der Waals surface area (Å²) in [6.07, 6.45) is 3.29. The van der Waals surface area contributed by atoms with E-state index in [9.17, 15) is 9.35 Å². The number of aromatic amines is 1. The van der Waals surface area contributed by atoms with Gasteiger partial charge in [0, 0.05) is 57.2 Å². The fourth-order valence-corrected chi connectivity index (χ4v) is 4.96. The molecule has 0 saturated carbocycles. The SMILES string of the molecule is COc1cc(NC(C(=O)c2c[nH]c3c(C)c(OC)ccc23)c2ccc(Cl)cc2OC)cc([S+](C)[O-])c1. The van der Waals surface area contributed by atoms with Crippen LogP contribution in [-0.2, 0) is 11.2 Å². The van der Waals surface area contributed by atoms with Gasteiger partial charge in [-0.1, -0.05) is 17.7 Å². The van der Waals surface area contributed by atoms with Gasteiger partial charge in [-0.3, -0.25) is 4.79 Å². The lowest BCUT2D eigenvalue weighted by molar-refractivity contribution is 0.0970. The Kier molecular flexibility index (Phi) is 7.68. The van der Waals surface area contributed by atoms with Gasteiger partial charge in [0.2, 0.25) is 0 Å². The van der Waals surface area contributed by atoms with E-state index in [0.29, 0.717) is 38.2 Å². The lowest BCUT2D eigenvalue weighted by Gasteiger charge is -2.22. The van der Waals surface area contributed by atoms with Crippen molar-refractivity contribution in [2.45, 2.75) is 17.9 Å². The summed E-state index contributed by atoms with van der Waals surface area (Å²) >= 11 is 4.96. The van der Waals surface area contributed by atoms with Gasteiger partial charge >= 0.3 is 0 Å². The first kappa shape index (κ1) is 25.8. The number of carbonyl (C=O) groups excluding carboxylic acids is 1. The monoisotopic (exact) mass is 526 g/mol. The highest BCUT2D eigenvalue weighted by atomic mass is 35.5. The number of ether oxygens (including phenoxy) is 3. The van der Waals surface area contributed by atoms with Crippen LogP contribution in [0.25, 0.3) is 10.9 Å². The number of methoxy groups -OCH3 is 3. The summed E-state index contributed by atoms with van der Waals surface area (Å²) < 4.78 is 28.6. The summed E-state index contributed by atoms with van der Waals surface area (Å²) in [6.45, 7) is 1.94. The van der Waals surface area contributed by atoms with E-state index < -0.39 is 17.2 Å². The third-order valence-electron chi connectivity index (χ3n) is 6.08. The number of rotatable bonds is 9. The Hall–Kier alpha value is -3.33. The molecule has 2 unspecified atom stereocenters. The highest BCUT2D eigenvalue weighted by Crippen LogP contribution is 2.37. The Labute approximate surface area is 217 Å². The van der Waals surface area contributed by atoms with Gasteiger partial charge in [0.05, 0.1) is 26.8 Å². The number of carbonyl (C=O) groups is 1.